The molecule has 1 aromatic heterocycles. The average Bonchev–Trinajstić information content (AvgIpc) is 3.59. The zero-order chi connectivity index (χ0) is 27.6. The molecule has 4 aromatic rings. The number of anilines is 1. The lowest BCUT2D eigenvalue weighted by atomic mass is 10.2. The number of carbonyl (C=O) groups excluding carboxylic acids is 1. The molecule has 11 heteroatoms. The van der Waals surface area contributed by atoms with Gasteiger partial charge in [-0.15, -0.1) is 0 Å². The van der Waals surface area contributed by atoms with Crippen LogP contribution in [0.3, 0.4) is 0 Å². The van der Waals surface area contributed by atoms with Crippen molar-refractivity contribution in [2.24, 2.45) is 5.10 Å². The molecule has 1 unspecified atom stereocenters. The summed E-state index contributed by atoms with van der Waals surface area (Å²) in [4.78, 5) is 18.3. The number of benzene rings is 3. The van der Waals surface area contributed by atoms with Gasteiger partial charge in [0, 0.05) is 25.8 Å². The van der Waals surface area contributed by atoms with Gasteiger partial charge in [-0.2, -0.15) is 14.4 Å². The van der Waals surface area contributed by atoms with E-state index in [1.165, 1.54) is 70.3 Å². The first kappa shape index (κ1) is 27.1. The van der Waals surface area contributed by atoms with Crippen molar-refractivity contribution in [1.82, 2.24) is 9.29 Å². The number of hydrogen-bond donors (Lipinski definition) is 0. The Balaban J connectivity index is 1.43. The molecule has 202 valence electrons. The Morgan fingerprint density at radius 2 is 1.90 bits per heavy atom. The molecule has 0 saturated carbocycles. The number of sulfonamides is 1. The van der Waals surface area contributed by atoms with Gasteiger partial charge in [-0.25, -0.2) is 17.8 Å². The minimum absolute atomic E-state index is 0.0800. The largest absolute Gasteiger partial charge is 0.377 e. The maximum absolute atomic E-state index is 13.6. The van der Waals surface area contributed by atoms with Crippen molar-refractivity contribution in [3.05, 3.63) is 89.2 Å². The van der Waals surface area contributed by atoms with Gasteiger partial charge in [0.15, 0.2) is 0 Å². The Kier molecular flexibility index (Phi) is 7.85. The molecule has 0 aliphatic carbocycles. The monoisotopic (exact) mass is 566 g/mol. The number of ether oxygens (including phenoxy) is 1. The third kappa shape index (κ3) is 6.06. The summed E-state index contributed by atoms with van der Waals surface area (Å²) in [6, 6.07) is 17.3. The Morgan fingerprint density at radius 1 is 1.15 bits per heavy atom. The minimum atomic E-state index is -3.75. The fourth-order valence-corrected chi connectivity index (χ4v) is 6.44. The molecule has 5 rings (SSSR count). The van der Waals surface area contributed by atoms with Crippen molar-refractivity contribution in [2.45, 2.75) is 30.8 Å². The van der Waals surface area contributed by atoms with E-state index in [0.717, 1.165) is 28.6 Å². The van der Waals surface area contributed by atoms with Crippen LogP contribution in [-0.4, -0.2) is 56.1 Å². The highest BCUT2D eigenvalue weighted by molar-refractivity contribution is 7.89. The summed E-state index contributed by atoms with van der Waals surface area (Å²) in [5, 5.41) is 5.92. The van der Waals surface area contributed by atoms with Gasteiger partial charge in [0.1, 0.15) is 5.82 Å². The van der Waals surface area contributed by atoms with Crippen LogP contribution >= 0.6 is 11.3 Å². The summed E-state index contributed by atoms with van der Waals surface area (Å²) in [6.07, 6.45) is 3.08. The fourth-order valence-electron chi connectivity index (χ4n) is 4.22. The van der Waals surface area contributed by atoms with Gasteiger partial charge in [0.05, 0.1) is 27.4 Å². The SMILES string of the molecule is Cc1ccc2nc(N(/N=C/c3ccc(F)cc3)C(=O)c3ccc(S(=O)(=O)N(C)CC4CCCO4)cc3)sc2c1. The summed E-state index contributed by atoms with van der Waals surface area (Å²) in [6.45, 7) is 2.89. The Morgan fingerprint density at radius 3 is 2.59 bits per heavy atom. The number of nitrogens with zero attached hydrogens (tertiary/aromatic N) is 4. The van der Waals surface area contributed by atoms with Crippen LogP contribution in [0.1, 0.15) is 34.3 Å². The summed E-state index contributed by atoms with van der Waals surface area (Å²) >= 11 is 1.31. The van der Waals surface area contributed by atoms with Crippen LogP contribution in [0.5, 0.6) is 0 Å². The molecule has 1 aliphatic heterocycles. The highest BCUT2D eigenvalue weighted by Crippen LogP contribution is 2.31. The van der Waals surface area contributed by atoms with E-state index in [2.05, 4.69) is 10.1 Å². The van der Waals surface area contributed by atoms with Crippen LogP contribution in [0, 0.1) is 12.7 Å². The number of aryl methyl sites for hydroxylation is 1. The van der Waals surface area contributed by atoms with Crippen LogP contribution in [0.2, 0.25) is 0 Å². The molecule has 2 heterocycles. The first-order valence-electron chi connectivity index (χ1n) is 12.4. The smallest absolute Gasteiger partial charge is 0.280 e. The van der Waals surface area contributed by atoms with Crippen molar-refractivity contribution in [2.75, 3.05) is 25.2 Å². The highest BCUT2D eigenvalue weighted by atomic mass is 32.2. The Bertz CT molecular complexity index is 1610. The van der Waals surface area contributed by atoms with E-state index in [0.29, 0.717) is 17.3 Å². The molecule has 0 N–H and O–H groups in total. The van der Waals surface area contributed by atoms with Crippen molar-refractivity contribution in [1.29, 1.82) is 0 Å². The molecule has 1 atom stereocenters. The quantitative estimate of drug-likeness (QED) is 0.215. The van der Waals surface area contributed by atoms with Gasteiger partial charge in [-0.05, 0) is 79.4 Å². The van der Waals surface area contributed by atoms with E-state index in [-0.39, 0.29) is 28.9 Å². The van der Waals surface area contributed by atoms with E-state index < -0.39 is 15.9 Å². The number of thiazole rings is 1. The second-order valence-corrected chi connectivity index (χ2v) is 12.4. The van der Waals surface area contributed by atoms with Crippen LogP contribution in [0.15, 0.2) is 76.7 Å². The predicted molar refractivity (Wildman–Crippen MR) is 150 cm³/mol. The van der Waals surface area contributed by atoms with Gasteiger partial charge in [-0.1, -0.05) is 29.5 Å². The van der Waals surface area contributed by atoms with Crippen molar-refractivity contribution < 1.29 is 22.3 Å². The number of hydrazone groups is 1. The number of hydrogen-bond acceptors (Lipinski definition) is 7. The number of aromatic nitrogens is 1. The number of carbonyl (C=O) groups is 1. The number of amides is 1. The summed E-state index contributed by atoms with van der Waals surface area (Å²) in [5.41, 5.74) is 2.63. The molecule has 0 spiro atoms. The maximum Gasteiger partial charge on any atom is 0.280 e. The molecular formula is C28H27FN4O4S2. The standard InChI is InChI=1S/C28H27FN4O4S2/c1-19-5-14-25-26(16-19)38-28(31-25)33(30-17-20-6-10-22(29)11-7-20)27(34)21-8-12-24(13-9-21)39(35,36)32(2)18-23-4-3-15-37-23/h5-14,16-17,23H,3-4,15,18H2,1-2H3/b30-17+. The van der Waals surface area contributed by atoms with Crippen LogP contribution in [0.4, 0.5) is 9.52 Å². The van der Waals surface area contributed by atoms with Gasteiger partial charge >= 0.3 is 0 Å². The first-order valence-corrected chi connectivity index (χ1v) is 14.7. The average molecular weight is 567 g/mol. The number of rotatable bonds is 8. The normalized spacial score (nSPS) is 15.9. The van der Waals surface area contributed by atoms with Gasteiger partial charge in [0.2, 0.25) is 15.2 Å². The van der Waals surface area contributed by atoms with Crippen molar-refractivity contribution in [3.8, 4) is 0 Å². The lowest BCUT2D eigenvalue weighted by Gasteiger charge is -2.20. The molecule has 1 fully saturated rings. The zero-order valence-electron chi connectivity index (χ0n) is 21.5. The highest BCUT2D eigenvalue weighted by Gasteiger charge is 2.27. The van der Waals surface area contributed by atoms with E-state index >= 15 is 0 Å². The van der Waals surface area contributed by atoms with E-state index in [9.17, 15) is 17.6 Å². The summed E-state index contributed by atoms with van der Waals surface area (Å²) in [5.74, 6) is -0.862. The molecule has 0 radical (unpaired) electrons. The van der Waals surface area contributed by atoms with Gasteiger partial charge in [0.25, 0.3) is 5.91 Å². The van der Waals surface area contributed by atoms with Gasteiger partial charge < -0.3 is 4.74 Å². The molecule has 3 aromatic carbocycles. The molecule has 0 bridgehead atoms. The van der Waals surface area contributed by atoms with E-state index in [1.807, 2.05) is 25.1 Å². The van der Waals surface area contributed by atoms with Crippen molar-refractivity contribution in [3.63, 3.8) is 0 Å². The molecule has 8 nitrogen and oxygen atoms in total. The fraction of sp³-hybridized carbons (Fsp3) is 0.250. The Labute approximate surface area is 230 Å². The van der Waals surface area contributed by atoms with Gasteiger partial charge in [-0.3, -0.25) is 4.79 Å². The minimum Gasteiger partial charge on any atom is -0.377 e. The number of likely N-dealkylation sites (N-methyl/N-ethyl adjacent to an activating group) is 1. The van der Waals surface area contributed by atoms with E-state index in [1.54, 1.807) is 12.1 Å². The third-order valence-corrected chi connectivity index (χ3v) is 9.22. The molecule has 1 saturated heterocycles. The molecule has 39 heavy (non-hydrogen) atoms. The summed E-state index contributed by atoms with van der Waals surface area (Å²) < 4.78 is 47.3. The van der Waals surface area contributed by atoms with Crippen LogP contribution < -0.4 is 5.01 Å². The van der Waals surface area contributed by atoms with Crippen LogP contribution in [0.25, 0.3) is 10.2 Å². The maximum atomic E-state index is 13.6. The molecular weight excluding hydrogens is 539 g/mol. The number of fused-ring (bicyclic) bond motifs is 1. The summed E-state index contributed by atoms with van der Waals surface area (Å²) in [7, 11) is -2.23. The topological polar surface area (TPSA) is 92.2 Å². The van der Waals surface area contributed by atoms with E-state index in [4.69, 9.17) is 4.74 Å². The lowest BCUT2D eigenvalue weighted by molar-refractivity contribution is 0.0978. The first-order chi connectivity index (χ1) is 18.7. The predicted octanol–water partition coefficient (Wildman–Crippen LogP) is 5.22. The molecule has 1 amide bonds. The Hall–Kier alpha value is -3.51. The lowest BCUT2D eigenvalue weighted by Crippen LogP contribution is -2.34. The molecule has 1 aliphatic rings. The second-order valence-electron chi connectivity index (χ2n) is 9.33. The number of halogens is 1. The second kappa shape index (κ2) is 11.3. The third-order valence-electron chi connectivity index (χ3n) is 6.39. The zero-order valence-corrected chi connectivity index (χ0v) is 23.1. The van der Waals surface area contributed by atoms with Crippen LogP contribution in [-0.2, 0) is 14.8 Å². The van der Waals surface area contributed by atoms with Crippen molar-refractivity contribution >= 4 is 48.8 Å².